The Balaban J connectivity index is 2.32. The number of amides is 2. The van der Waals surface area contributed by atoms with Crippen molar-refractivity contribution in [2.45, 2.75) is 137 Å². The molecule has 4 atom stereocenters. The third-order valence-electron chi connectivity index (χ3n) is 9.65. The number of Topliss-reactive ketones (excluding diaryl/α,β-unsaturated/α-hetero) is 1. The van der Waals surface area contributed by atoms with Gasteiger partial charge in [-0.15, -0.1) is 6.58 Å². The summed E-state index contributed by atoms with van der Waals surface area (Å²) >= 11 is 0. The quantitative estimate of drug-likeness (QED) is 0.0544. The molecule has 12 heteroatoms. The molecule has 1 saturated heterocycles. The van der Waals surface area contributed by atoms with Crippen molar-refractivity contribution in [2.24, 2.45) is 11.8 Å². The van der Waals surface area contributed by atoms with E-state index < -0.39 is 46.5 Å². The average Bonchev–Trinajstić information content (AvgIpc) is 3.68. The fourth-order valence-corrected chi connectivity index (χ4v) is 8.45. The topological polar surface area (TPSA) is 128 Å². The number of likely N-dealkylation sites (tertiary alicyclic amines) is 1. The van der Waals surface area contributed by atoms with Crippen LogP contribution in [0.15, 0.2) is 53.0 Å². The summed E-state index contributed by atoms with van der Waals surface area (Å²) in [4.78, 5) is 59.7. The summed E-state index contributed by atoms with van der Waals surface area (Å²) < 4.78 is 19.0. The minimum atomic E-state index is -2.26. The van der Waals surface area contributed by atoms with Crippen LogP contribution in [0.1, 0.15) is 91.0 Å². The second-order valence-electron chi connectivity index (χ2n) is 16.8. The number of allylic oxidation sites excluding steroid dienone is 3. The number of oxazole rings is 1. The van der Waals surface area contributed by atoms with Crippen LogP contribution >= 0.6 is 0 Å². The Kier molecular flexibility index (Phi) is 16.5. The average molecular weight is 756 g/mol. The van der Waals surface area contributed by atoms with Crippen LogP contribution in [0.5, 0.6) is 0 Å². The van der Waals surface area contributed by atoms with E-state index in [4.69, 9.17) is 13.6 Å². The van der Waals surface area contributed by atoms with E-state index in [2.05, 4.69) is 70.4 Å². The van der Waals surface area contributed by atoms with E-state index >= 15 is 0 Å². The van der Waals surface area contributed by atoms with Crippen molar-refractivity contribution in [2.75, 3.05) is 13.1 Å². The molecule has 1 aromatic rings. The summed E-state index contributed by atoms with van der Waals surface area (Å²) in [7, 11) is -4.45. The molecule has 0 aromatic carbocycles. The van der Waals surface area contributed by atoms with Crippen molar-refractivity contribution in [1.82, 2.24) is 15.2 Å². The summed E-state index contributed by atoms with van der Waals surface area (Å²) in [5, 5.41) is 3.17. The van der Waals surface area contributed by atoms with Gasteiger partial charge in [-0.1, -0.05) is 97.1 Å². The van der Waals surface area contributed by atoms with Crippen LogP contribution < -0.4 is 10.7 Å². The van der Waals surface area contributed by atoms with Gasteiger partial charge in [0.05, 0.1) is 12.5 Å². The van der Waals surface area contributed by atoms with Gasteiger partial charge in [0.15, 0.2) is 14.0 Å². The molecule has 1 aliphatic heterocycles. The van der Waals surface area contributed by atoms with Gasteiger partial charge in [-0.3, -0.25) is 14.4 Å². The lowest BCUT2D eigenvalue weighted by molar-refractivity contribution is -0.158. The number of ether oxygens (including phenoxy) is 1. The molecule has 0 spiro atoms. The molecule has 0 saturated carbocycles. The number of rotatable bonds is 18. The number of carbonyl (C=O) groups is 4. The van der Waals surface area contributed by atoms with E-state index in [0.717, 1.165) is 5.57 Å². The number of carbonyl (C=O) groups excluding carboxylic acids is 4. The highest BCUT2D eigenvalue weighted by Crippen LogP contribution is 2.38. The first-order valence-corrected chi connectivity index (χ1v) is 25.0. The highest BCUT2D eigenvalue weighted by Gasteiger charge is 2.42. The van der Waals surface area contributed by atoms with Crippen molar-refractivity contribution in [3.05, 3.63) is 60.2 Å². The molecule has 10 nitrogen and oxygen atoms in total. The SMILES string of the molecule is C=CCNC(=O)/C=C/[C@@H](C)[C@H](OC(=O)[C@H]1CCCN1C(=O)c1nc(CC(=O)C[C@@H](/C=C(C)/C=C\C)O[Si](C)(C)C(C)(C)C)oc1[Si](C)(C)C)C(C)C. The van der Waals surface area contributed by atoms with E-state index in [9.17, 15) is 19.2 Å². The third-order valence-corrected chi connectivity index (χ3v) is 15.9. The Morgan fingerprint density at radius 3 is 2.31 bits per heavy atom. The van der Waals surface area contributed by atoms with E-state index in [1.807, 2.05) is 52.8 Å². The molecule has 2 rings (SSSR count). The zero-order valence-corrected chi connectivity index (χ0v) is 36.1. The monoisotopic (exact) mass is 755 g/mol. The van der Waals surface area contributed by atoms with Gasteiger partial charge >= 0.3 is 5.97 Å². The van der Waals surface area contributed by atoms with Gasteiger partial charge in [0.25, 0.3) is 5.91 Å². The van der Waals surface area contributed by atoms with Crippen LogP contribution in [-0.2, 0) is 30.0 Å². The third kappa shape index (κ3) is 12.9. The molecule has 1 fully saturated rings. The van der Waals surface area contributed by atoms with E-state index in [1.165, 1.54) is 11.0 Å². The van der Waals surface area contributed by atoms with E-state index in [0.29, 0.717) is 31.3 Å². The van der Waals surface area contributed by atoms with Crippen molar-refractivity contribution >= 4 is 45.3 Å². The number of hydrogen-bond donors (Lipinski definition) is 1. The van der Waals surface area contributed by atoms with Crippen LogP contribution in [0.3, 0.4) is 0 Å². The summed E-state index contributed by atoms with van der Waals surface area (Å²) in [6, 6.07) is -0.780. The Morgan fingerprint density at radius 2 is 1.75 bits per heavy atom. The maximum absolute atomic E-state index is 14.2. The lowest BCUT2D eigenvalue weighted by Gasteiger charge is -2.38. The first kappa shape index (κ1) is 44.8. The predicted molar refractivity (Wildman–Crippen MR) is 214 cm³/mol. The Labute approximate surface area is 314 Å². The minimum absolute atomic E-state index is 0.0328. The number of aromatic nitrogens is 1. The molecule has 52 heavy (non-hydrogen) atoms. The fraction of sp³-hybridized carbons (Fsp3) is 0.625. The molecule has 2 amide bonds. The molecule has 1 aromatic heterocycles. The maximum atomic E-state index is 14.2. The Bertz CT molecular complexity index is 1510. The molecule has 0 bridgehead atoms. The smallest absolute Gasteiger partial charge is 0.329 e. The first-order valence-electron chi connectivity index (χ1n) is 18.6. The molecular formula is C40H65N3O7Si2. The lowest BCUT2D eigenvalue weighted by atomic mass is 9.94. The Morgan fingerprint density at radius 1 is 1.10 bits per heavy atom. The first-order chi connectivity index (χ1) is 24.0. The molecule has 1 aliphatic rings. The highest BCUT2D eigenvalue weighted by molar-refractivity contribution is 6.88. The zero-order chi connectivity index (χ0) is 39.6. The molecule has 290 valence electrons. The number of hydrogen-bond acceptors (Lipinski definition) is 8. The fourth-order valence-electron chi connectivity index (χ4n) is 5.89. The van der Waals surface area contributed by atoms with E-state index in [1.54, 1.807) is 12.2 Å². The highest BCUT2D eigenvalue weighted by atomic mass is 28.4. The molecule has 0 radical (unpaired) electrons. The zero-order valence-electron chi connectivity index (χ0n) is 34.1. The second-order valence-corrected chi connectivity index (χ2v) is 26.5. The van der Waals surface area contributed by atoms with Crippen molar-refractivity contribution < 1.29 is 32.8 Å². The standard InChI is InChI=1S/C40H65N3O7Si2/c1-15-18-28(5)24-31(50-52(13,14)40(7,8)9)25-30(44)26-34-42-35(39(48-34)51(10,11)12)37(46)43-23-17-19-32(43)38(47)49-36(27(3)4)29(6)20-21-33(45)41-22-16-2/h15-16,18,20-21,24,27,29,31-32,36H,2,17,19,22-23,25-26H2,1,3-14H3,(H,41,45)/b18-15-,21-20+,28-24+/t29-,31-,32-,36-/m1/s1. The minimum Gasteiger partial charge on any atom is -0.460 e. The van der Waals surface area contributed by atoms with Gasteiger partial charge in [0, 0.05) is 25.4 Å². The number of nitrogens with one attached hydrogen (secondary N) is 1. The number of ketones is 1. The van der Waals surface area contributed by atoms with Crippen LogP contribution in [0.2, 0.25) is 37.8 Å². The number of esters is 1. The van der Waals surface area contributed by atoms with Crippen molar-refractivity contribution in [3.63, 3.8) is 0 Å². The molecule has 2 heterocycles. The van der Waals surface area contributed by atoms with Gasteiger partial charge in [0.2, 0.25) is 11.8 Å². The Hall–Kier alpha value is -3.36. The van der Waals surface area contributed by atoms with Crippen LogP contribution in [0, 0.1) is 11.8 Å². The van der Waals surface area contributed by atoms with Gasteiger partial charge in [-0.05, 0) is 56.8 Å². The van der Waals surface area contributed by atoms with E-state index in [-0.39, 0.29) is 53.0 Å². The summed E-state index contributed by atoms with van der Waals surface area (Å²) in [6.07, 6.45) is 11.0. The van der Waals surface area contributed by atoms with Gasteiger partial charge in [-0.25, -0.2) is 9.78 Å². The van der Waals surface area contributed by atoms with Crippen molar-refractivity contribution in [1.29, 1.82) is 0 Å². The maximum Gasteiger partial charge on any atom is 0.329 e. The summed E-state index contributed by atoms with van der Waals surface area (Å²) in [5.74, 6) is -1.31. The summed E-state index contributed by atoms with van der Waals surface area (Å²) in [5.41, 5.74) is 1.18. The molecular weight excluding hydrogens is 691 g/mol. The normalized spacial score (nSPS) is 17.8. The van der Waals surface area contributed by atoms with Gasteiger partial charge in [0.1, 0.15) is 31.4 Å². The summed E-state index contributed by atoms with van der Waals surface area (Å²) in [6.45, 7) is 31.1. The second kappa shape index (κ2) is 19.1. The van der Waals surface area contributed by atoms with Crippen LogP contribution in [0.25, 0.3) is 0 Å². The molecule has 0 aliphatic carbocycles. The predicted octanol–water partition coefficient (Wildman–Crippen LogP) is 7.30. The number of nitrogens with zero attached hydrogens (tertiary/aromatic N) is 2. The molecule has 0 unspecified atom stereocenters. The van der Waals surface area contributed by atoms with Gasteiger partial charge in [-0.2, -0.15) is 0 Å². The largest absolute Gasteiger partial charge is 0.460 e. The van der Waals surface area contributed by atoms with Gasteiger partial charge < -0.3 is 23.8 Å². The van der Waals surface area contributed by atoms with Crippen LogP contribution in [0.4, 0.5) is 0 Å². The molecule has 1 N–H and O–H groups in total. The van der Waals surface area contributed by atoms with Crippen molar-refractivity contribution in [3.8, 4) is 0 Å². The van der Waals surface area contributed by atoms with Crippen LogP contribution in [-0.4, -0.2) is 81.2 Å². The lowest BCUT2D eigenvalue weighted by Crippen LogP contribution is -2.47.